The van der Waals surface area contributed by atoms with E-state index in [9.17, 15) is 0 Å². The van der Waals surface area contributed by atoms with Gasteiger partial charge in [0, 0.05) is 6.61 Å². The van der Waals surface area contributed by atoms with E-state index in [2.05, 4.69) is 0 Å². The molecule has 0 bridgehead atoms. The largest absolute Gasteiger partial charge is 0.391 e. The molecule has 1 heterocycles. The lowest BCUT2D eigenvalue weighted by molar-refractivity contribution is 0.0969. The molecule has 1 aliphatic rings. The third-order valence-corrected chi connectivity index (χ3v) is 1.59. The van der Waals surface area contributed by atoms with Crippen molar-refractivity contribution >= 4 is 0 Å². The van der Waals surface area contributed by atoms with Crippen molar-refractivity contribution in [2.45, 2.75) is 25.0 Å². The first-order valence-electron chi connectivity index (χ1n) is 3.32. The molecule has 3 N–H and O–H groups in total. The summed E-state index contributed by atoms with van der Waals surface area (Å²) in [5.74, 6) is 0. The van der Waals surface area contributed by atoms with Crippen LogP contribution in [0.2, 0.25) is 0 Å². The van der Waals surface area contributed by atoms with E-state index in [1.54, 1.807) is 0 Å². The van der Waals surface area contributed by atoms with Gasteiger partial charge in [0.15, 0.2) is 0 Å². The summed E-state index contributed by atoms with van der Waals surface area (Å²) in [6.45, 7) is 1.24. The van der Waals surface area contributed by atoms with Crippen LogP contribution in [0.25, 0.3) is 0 Å². The van der Waals surface area contributed by atoms with Crippen molar-refractivity contribution in [3.05, 3.63) is 0 Å². The van der Waals surface area contributed by atoms with Gasteiger partial charge in [0.2, 0.25) is 0 Å². The lowest BCUT2D eigenvalue weighted by atomic mass is 10.1. The highest BCUT2D eigenvalue weighted by molar-refractivity contribution is 4.73. The lowest BCUT2D eigenvalue weighted by Gasteiger charge is -2.12. The Balaban J connectivity index is 2.32. The zero-order valence-electron chi connectivity index (χ0n) is 5.42. The SMILES string of the molecule is N[C@H]1COCCC[C@H]1O. The molecule has 3 nitrogen and oxygen atoms in total. The van der Waals surface area contributed by atoms with Gasteiger partial charge in [0.25, 0.3) is 0 Å². The minimum atomic E-state index is -0.354. The average molecular weight is 131 g/mol. The smallest absolute Gasteiger partial charge is 0.0714 e. The second-order valence-electron chi connectivity index (χ2n) is 2.45. The summed E-state index contributed by atoms with van der Waals surface area (Å²) in [7, 11) is 0. The van der Waals surface area contributed by atoms with Crippen LogP contribution in [0.15, 0.2) is 0 Å². The zero-order chi connectivity index (χ0) is 6.69. The summed E-state index contributed by atoms with van der Waals surface area (Å²) in [6, 6.07) is -0.174. The van der Waals surface area contributed by atoms with Gasteiger partial charge < -0.3 is 15.6 Å². The minimum absolute atomic E-state index is 0.174. The predicted octanol–water partition coefficient (Wildman–Crippen LogP) is -0.515. The molecule has 3 heteroatoms. The Labute approximate surface area is 54.8 Å². The third-order valence-electron chi connectivity index (χ3n) is 1.59. The van der Waals surface area contributed by atoms with Gasteiger partial charge in [0.05, 0.1) is 18.8 Å². The van der Waals surface area contributed by atoms with E-state index in [1.807, 2.05) is 0 Å². The standard InChI is InChI=1S/C6H13NO2/c7-5-4-9-3-1-2-6(5)8/h5-6,8H,1-4,7H2/t5-,6+/m0/s1. The van der Waals surface area contributed by atoms with Crippen LogP contribution < -0.4 is 5.73 Å². The molecule has 1 aliphatic heterocycles. The van der Waals surface area contributed by atoms with Gasteiger partial charge in [-0.3, -0.25) is 0 Å². The molecule has 0 saturated carbocycles. The molecule has 0 aromatic heterocycles. The van der Waals surface area contributed by atoms with Gasteiger partial charge in [-0.15, -0.1) is 0 Å². The maximum Gasteiger partial charge on any atom is 0.0714 e. The van der Waals surface area contributed by atoms with Gasteiger partial charge >= 0.3 is 0 Å². The molecule has 0 unspecified atom stereocenters. The average Bonchev–Trinajstić information content (AvgIpc) is 1.99. The van der Waals surface area contributed by atoms with Gasteiger partial charge in [-0.1, -0.05) is 0 Å². The van der Waals surface area contributed by atoms with Gasteiger partial charge in [-0.25, -0.2) is 0 Å². The van der Waals surface area contributed by atoms with E-state index in [1.165, 1.54) is 0 Å². The number of aliphatic hydroxyl groups is 1. The second kappa shape index (κ2) is 3.15. The number of aliphatic hydroxyl groups excluding tert-OH is 1. The highest BCUT2D eigenvalue weighted by Gasteiger charge is 2.17. The van der Waals surface area contributed by atoms with Crippen LogP contribution in [0.5, 0.6) is 0 Å². The minimum Gasteiger partial charge on any atom is -0.391 e. The van der Waals surface area contributed by atoms with Crippen LogP contribution in [0.4, 0.5) is 0 Å². The summed E-state index contributed by atoms with van der Waals surface area (Å²) in [5.41, 5.74) is 5.50. The van der Waals surface area contributed by atoms with E-state index in [0.29, 0.717) is 6.61 Å². The molecular weight excluding hydrogens is 118 g/mol. The molecule has 1 fully saturated rings. The van der Waals surface area contributed by atoms with Crippen molar-refractivity contribution in [2.75, 3.05) is 13.2 Å². The summed E-state index contributed by atoms with van der Waals surface area (Å²) < 4.78 is 5.09. The molecule has 0 aromatic carbocycles. The number of hydrogen-bond donors (Lipinski definition) is 2. The second-order valence-corrected chi connectivity index (χ2v) is 2.45. The summed E-state index contributed by atoms with van der Waals surface area (Å²) in [6.07, 6.45) is 1.35. The van der Waals surface area contributed by atoms with Crippen molar-refractivity contribution in [1.82, 2.24) is 0 Å². The normalized spacial score (nSPS) is 38.0. The highest BCUT2D eigenvalue weighted by atomic mass is 16.5. The Kier molecular flexibility index (Phi) is 2.45. The molecule has 0 radical (unpaired) electrons. The van der Waals surface area contributed by atoms with Crippen LogP contribution in [0.3, 0.4) is 0 Å². The first kappa shape index (κ1) is 6.99. The van der Waals surface area contributed by atoms with Gasteiger partial charge in [-0.05, 0) is 12.8 Å². The summed E-state index contributed by atoms with van der Waals surface area (Å²) >= 11 is 0. The maximum absolute atomic E-state index is 9.15. The number of nitrogens with two attached hydrogens (primary N) is 1. The van der Waals surface area contributed by atoms with E-state index < -0.39 is 0 Å². The van der Waals surface area contributed by atoms with Crippen LogP contribution in [0.1, 0.15) is 12.8 Å². The van der Waals surface area contributed by atoms with Crippen LogP contribution >= 0.6 is 0 Å². The maximum atomic E-state index is 9.15. The summed E-state index contributed by atoms with van der Waals surface area (Å²) in [5, 5.41) is 9.15. The van der Waals surface area contributed by atoms with Gasteiger partial charge in [-0.2, -0.15) is 0 Å². The topological polar surface area (TPSA) is 55.5 Å². The molecule has 54 valence electrons. The van der Waals surface area contributed by atoms with Crippen molar-refractivity contribution < 1.29 is 9.84 Å². The van der Waals surface area contributed by atoms with Crippen LogP contribution in [-0.2, 0) is 4.74 Å². The van der Waals surface area contributed by atoms with Crippen LogP contribution in [0, 0.1) is 0 Å². The Bertz CT molecular complexity index is 77.1. The molecular formula is C6H13NO2. The molecule has 2 atom stereocenters. The molecule has 1 saturated heterocycles. The monoisotopic (exact) mass is 131 g/mol. The van der Waals surface area contributed by atoms with Crippen molar-refractivity contribution in [1.29, 1.82) is 0 Å². The highest BCUT2D eigenvalue weighted by Crippen LogP contribution is 2.06. The van der Waals surface area contributed by atoms with E-state index >= 15 is 0 Å². The Morgan fingerprint density at radius 2 is 2.33 bits per heavy atom. The first-order chi connectivity index (χ1) is 4.30. The molecule has 0 amide bonds. The lowest BCUT2D eigenvalue weighted by Crippen LogP contribution is -2.36. The van der Waals surface area contributed by atoms with Crippen molar-refractivity contribution in [3.8, 4) is 0 Å². The van der Waals surface area contributed by atoms with Crippen molar-refractivity contribution in [3.63, 3.8) is 0 Å². The van der Waals surface area contributed by atoms with Crippen LogP contribution in [-0.4, -0.2) is 30.5 Å². The molecule has 0 spiro atoms. The fraction of sp³-hybridized carbons (Fsp3) is 1.00. The quantitative estimate of drug-likeness (QED) is 0.465. The van der Waals surface area contributed by atoms with E-state index in [-0.39, 0.29) is 12.1 Å². The molecule has 0 aromatic rings. The van der Waals surface area contributed by atoms with Gasteiger partial charge in [0.1, 0.15) is 0 Å². The van der Waals surface area contributed by atoms with E-state index in [0.717, 1.165) is 19.4 Å². The Morgan fingerprint density at radius 3 is 3.11 bits per heavy atom. The Morgan fingerprint density at radius 1 is 1.56 bits per heavy atom. The molecule has 0 aliphatic carbocycles. The summed E-state index contributed by atoms with van der Waals surface area (Å²) in [4.78, 5) is 0. The predicted molar refractivity (Wildman–Crippen MR) is 34.0 cm³/mol. The number of hydrogen-bond acceptors (Lipinski definition) is 3. The Hall–Kier alpha value is -0.120. The molecule has 9 heavy (non-hydrogen) atoms. The fourth-order valence-corrected chi connectivity index (χ4v) is 0.939. The zero-order valence-corrected chi connectivity index (χ0v) is 5.42. The third kappa shape index (κ3) is 1.93. The number of ether oxygens (including phenoxy) is 1. The fourth-order valence-electron chi connectivity index (χ4n) is 0.939. The van der Waals surface area contributed by atoms with Crippen molar-refractivity contribution in [2.24, 2.45) is 5.73 Å². The first-order valence-corrected chi connectivity index (χ1v) is 3.32. The van der Waals surface area contributed by atoms with E-state index in [4.69, 9.17) is 15.6 Å². The number of rotatable bonds is 0. The molecule has 1 rings (SSSR count).